The van der Waals surface area contributed by atoms with Crippen LogP contribution in [0.1, 0.15) is 36.7 Å². The summed E-state index contributed by atoms with van der Waals surface area (Å²) < 4.78 is 44.1. The van der Waals surface area contributed by atoms with Gasteiger partial charge in [-0.05, 0) is 58.7 Å². The molecular weight excluding hydrogens is 413 g/mol. The van der Waals surface area contributed by atoms with E-state index in [9.17, 15) is 22.8 Å². The van der Waals surface area contributed by atoms with Gasteiger partial charge in [-0.1, -0.05) is 30.3 Å². The number of Topliss-reactive ketones (excluding diaryl/α,β-unsaturated/α-hetero) is 1. The lowest BCUT2D eigenvalue weighted by Gasteiger charge is -2.12. The normalized spacial score (nSPS) is 15.9. The highest BCUT2D eigenvalue weighted by molar-refractivity contribution is 7.12. The Morgan fingerprint density at radius 2 is 1.87 bits per heavy atom. The van der Waals surface area contributed by atoms with Crippen molar-refractivity contribution < 1.29 is 27.5 Å². The number of hydrogen-bond acceptors (Lipinski definition) is 4. The Morgan fingerprint density at radius 3 is 2.60 bits per heavy atom. The smallest absolute Gasteiger partial charge is 0.416 e. The zero-order chi connectivity index (χ0) is 21.5. The Labute approximate surface area is 175 Å². The highest BCUT2D eigenvalue weighted by Crippen LogP contribution is 2.38. The molecule has 1 heterocycles. The van der Waals surface area contributed by atoms with Crippen molar-refractivity contribution in [3.05, 3.63) is 81.0 Å². The van der Waals surface area contributed by atoms with Gasteiger partial charge >= 0.3 is 12.1 Å². The summed E-state index contributed by atoms with van der Waals surface area (Å²) in [5.74, 6) is -0.754. The van der Waals surface area contributed by atoms with Crippen molar-refractivity contribution in [1.29, 1.82) is 0 Å². The van der Waals surface area contributed by atoms with Crippen molar-refractivity contribution in [2.24, 2.45) is 5.92 Å². The molecule has 1 aliphatic rings. The fourth-order valence-electron chi connectivity index (χ4n) is 3.87. The Hall–Kier alpha value is -2.93. The van der Waals surface area contributed by atoms with Crippen molar-refractivity contribution in [2.45, 2.75) is 19.0 Å². The second-order valence-corrected chi connectivity index (χ2v) is 8.10. The van der Waals surface area contributed by atoms with E-state index in [1.807, 2.05) is 5.38 Å². The molecule has 0 aliphatic heterocycles. The van der Waals surface area contributed by atoms with E-state index in [1.165, 1.54) is 24.5 Å². The molecule has 3 nitrogen and oxygen atoms in total. The van der Waals surface area contributed by atoms with Crippen molar-refractivity contribution in [3.8, 4) is 11.1 Å². The molecule has 4 rings (SSSR count). The molecule has 0 fully saturated rings. The van der Waals surface area contributed by atoms with E-state index in [-0.39, 0.29) is 11.7 Å². The van der Waals surface area contributed by atoms with Gasteiger partial charge in [-0.25, -0.2) is 4.79 Å². The van der Waals surface area contributed by atoms with E-state index >= 15 is 0 Å². The Bertz CT molecular complexity index is 1130. The van der Waals surface area contributed by atoms with Crippen molar-refractivity contribution in [1.82, 2.24) is 0 Å². The summed E-state index contributed by atoms with van der Waals surface area (Å²) in [7, 11) is 1.31. The Balaban J connectivity index is 1.63. The van der Waals surface area contributed by atoms with E-state index in [4.69, 9.17) is 4.74 Å². The maximum Gasteiger partial charge on any atom is 0.416 e. The second-order valence-electron chi connectivity index (χ2n) is 7.19. The van der Waals surface area contributed by atoms with Gasteiger partial charge in [0.1, 0.15) is 4.88 Å². The van der Waals surface area contributed by atoms with Crippen molar-refractivity contribution in [3.63, 3.8) is 0 Å². The number of thiophene rings is 1. The third-order valence-electron chi connectivity index (χ3n) is 5.29. The first-order valence-electron chi connectivity index (χ1n) is 9.27. The predicted octanol–water partition coefficient (Wildman–Crippen LogP) is 5.82. The van der Waals surface area contributed by atoms with Gasteiger partial charge in [0.25, 0.3) is 0 Å². The number of ketones is 1. The maximum absolute atomic E-state index is 13.1. The van der Waals surface area contributed by atoms with Gasteiger partial charge in [-0.2, -0.15) is 13.2 Å². The van der Waals surface area contributed by atoms with Crippen LogP contribution < -0.4 is 0 Å². The first kappa shape index (κ1) is 20.3. The molecular formula is C23H17F3O3S. The quantitative estimate of drug-likeness (QED) is 0.490. The lowest BCUT2D eigenvalue weighted by atomic mass is 9.94. The van der Waals surface area contributed by atoms with E-state index in [0.29, 0.717) is 34.4 Å². The third kappa shape index (κ3) is 3.77. The van der Waals surface area contributed by atoms with Crippen LogP contribution in [0.2, 0.25) is 0 Å². The number of hydrogen-bond donors (Lipinski definition) is 0. The molecule has 7 heteroatoms. The predicted molar refractivity (Wildman–Crippen MR) is 108 cm³/mol. The summed E-state index contributed by atoms with van der Waals surface area (Å²) in [6, 6.07) is 12.1. The number of carbonyl (C=O) groups is 2. The Kier molecular flexibility index (Phi) is 5.24. The fraction of sp³-hybridized carbons (Fsp3) is 0.217. The zero-order valence-corrected chi connectivity index (χ0v) is 16.8. The van der Waals surface area contributed by atoms with Crippen LogP contribution in [0.4, 0.5) is 13.2 Å². The number of benzene rings is 2. The third-order valence-corrected chi connectivity index (χ3v) is 6.25. The zero-order valence-electron chi connectivity index (χ0n) is 16.0. The Morgan fingerprint density at radius 1 is 1.13 bits per heavy atom. The summed E-state index contributed by atoms with van der Waals surface area (Å²) in [5.41, 5.74) is 2.57. The number of alkyl halides is 3. The van der Waals surface area contributed by atoms with Gasteiger partial charge in [0, 0.05) is 11.5 Å². The summed E-state index contributed by atoms with van der Waals surface area (Å²) in [4.78, 5) is 25.1. The number of methoxy groups -OCH3 is 1. The number of halogens is 3. The molecule has 0 saturated carbocycles. The molecule has 0 radical (unpaired) electrons. The molecule has 1 aliphatic carbocycles. The van der Waals surface area contributed by atoms with Gasteiger partial charge in [0.05, 0.1) is 12.7 Å². The summed E-state index contributed by atoms with van der Waals surface area (Å²) in [5, 5.41) is 1.83. The summed E-state index contributed by atoms with van der Waals surface area (Å²) in [6.45, 7) is 0. The van der Waals surface area contributed by atoms with Crippen LogP contribution in [0.5, 0.6) is 0 Å². The molecule has 30 heavy (non-hydrogen) atoms. The number of ether oxygens (including phenoxy) is 1. The average molecular weight is 430 g/mol. The maximum atomic E-state index is 13.1. The number of rotatable bonds is 4. The van der Waals surface area contributed by atoms with Gasteiger partial charge in [-0.15, -0.1) is 11.3 Å². The topological polar surface area (TPSA) is 43.4 Å². The largest absolute Gasteiger partial charge is 0.465 e. The van der Waals surface area contributed by atoms with Gasteiger partial charge in [-0.3, -0.25) is 4.79 Å². The van der Waals surface area contributed by atoms with Gasteiger partial charge in [0.2, 0.25) is 0 Å². The molecule has 0 N–H and O–H groups in total. The standard InChI is InChI=1S/C23H17F3O3S/c1-29-22(28)20-9-13(12-30-20)8-15-11-19-17(6-3-7-18(19)21(15)27)14-4-2-5-16(10-14)23(24,25)26/h2-7,9-10,12,15H,8,11H2,1H3. The number of fused-ring (bicyclic) bond motifs is 1. The monoisotopic (exact) mass is 430 g/mol. The highest BCUT2D eigenvalue weighted by Gasteiger charge is 2.34. The van der Waals surface area contributed by atoms with E-state index in [0.717, 1.165) is 23.3 Å². The minimum atomic E-state index is -4.43. The molecule has 0 spiro atoms. The number of carbonyl (C=O) groups excluding carboxylic acids is 2. The molecule has 1 aromatic heterocycles. The lowest BCUT2D eigenvalue weighted by molar-refractivity contribution is -0.137. The minimum absolute atomic E-state index is 0.0235. The van der Waals surface area contributed by atoms with Crippen LogP contribution in [0.3, 0.4) is 0 Å². The molecule has 2 aromatic carbocycles. The first-order chi connectivity index (χ1) is 14.3. The van der Waals surface area contributed by atoms with Gasteiger partial charge < -0.3 is 4.74 Å². The summed E-state index contributed by atoms with van der Waals surface area (Å²) in [6.07, 6.45) is -3.52. The van der Waals surface area contributed by atoms with E-state index < -0.39 is 17.7 Å². The molecule has 0 saturated heterocycles. The van der Waals surface area contributed by atoms with Crippen LogP contribution >= 0.6 is 11.3 Å². The van der Waals surface area contributed by atoms with Crippen LogP contribution in [-0.2, 0) is 23.8 Å². The van der Waals surface area contributed by atoms with Gasteiger partial charge in [0.15, 0.2) is 5.78 Å². The second kappa shape index (κ2) is 7.72. The van der Waals surface area contributed by atoms with Crippen LogP contribution in [-0.4, -0.2) is 18.9 Å². The molecule has 1 atom stereocenters. The molecule has 1 unspecified atom stereocenters. The van der Waals surface area contributed by atoms with Crippen molar-refractivity contribution in [2.75, 3.05) is 7.11 Å². The van der Waals surface area contributed by atoms with E-state index in [2.05, 4.69) is 0 Å². The number of esters is 1. The van der Waals surface area contributed by atoms with E-state index in [1.54, 1.807) is 30.3 Å². The minimum Gasteiger partial charge on any atom is -0.465 e. The first-order valence-corrected chi connectivity index (χ1v) is 10.2. The molecule has 3 aromatic rings. The van der Waals surface area contributed by atoms with Crippen LogP contribution in [0.25, 0.3) is 11.1 Å². The summed E-state index contributed by atoms with van der Waals surface area (Å²) >= 11 is 1.26. The van der Waals surface area contributed by atoms with Crippen LogP contribution in [0, 0.1) is 5.92 Å². The molecule has 0 amide bonds. The average Bonchev–Trinajstić information content (AvgIpc) is 3.32. The van der Waals surface area contributed by atoms with Crippen LogP contribution in [0.15, 0.2) is 53.9 Å². The van der Waals surface area contributed by atoms with Crippen molar-refractivity contribution >= 4 is 23.1 Å². The lowest BCUT2D eigenvalue weighted by Crippen LogP contribution is -2.11. The fourth-order valence-corrected chi connectivity index (χ4v) is 4.71. The SMILES string of the molecule is COC(=O)c1cc(CC2Cc3c(cccc3-c3cccc(C(F)(F)F)c3)C2=O)cs1. The molecule has 154 valence electrons. The highest BCUT2D eigenvalue weighted by atomic mass is 32.1. The molecule has 0 bridgehead atoms.